The van der Waals surface area contributed by atoms with Crippen LogP contribution in [0.4, 0.5) is 0 Å². The van der Waals surface area contributed by atoms with Crippen molar-refractivity contribution in [3.63, 3.8) is 0 Å². The second-order valence-corrected chi connectivity index (χ2v) is 11.9. The lowest BCUT2D eigenvalue weighted by Gasteiger charge is -2.23. The molecule has 0 aliphatic rings. The summed E-state index contributed by atoms with van der Waals surface area (Å²) in [4.78, 5) is 13.2. The minimum Gasteiger partial charge on any atom is -0.348 e. The zero-order valence-corrected chi connectivity index (χ0v) is 20.0. The fraction of sp³-hybridized carbons (Fsp3) is 0.409. The molecular weight excluding hydrogens is 436 g/mol. The standard InChI is InChI=1S/C22H30N2O5S2/c1-15(2)14-21(24-31(28,29)20-10-6-16(3)7-11-20)22(25)23-17(4)18-8-12-19(13-9-18)30(5,26)27/h6-13,15,17,21,24H,14H2,1-5H3,(H,23,25)/t17-,21+/m1/s1. The maximum absolute atomic E-state index is 12.9. The number of hydrogen-bond acceptors (Lipinski definition) is 5. The quantitative estimate of drug-likeness (QED) is 0.590. The topological polar surface area (TPSA) is 109 Å². The van der Waals surface area contributed by atoms with E-state index in [0.29, 0.717) is 12.0 Å². The van der Waals surface area contributed by atoms with Crippen molar-refractivity contribution in [1.82, 2.24) is 10.0 Å². The van der Waals surface area contributed by atoms with Crippen LogP contribution in [0.15, 0.2) is 58.3 Å². The summed E-state index contributed by atoms with van der Waals surface area (Å²) in [5, 5.41) is 2.83. The molecule has 2 aromatic carbocycles. The van der Waals surface area contributed by atoms with Gasteiger partial charge in [0.2, 0.25) is 15.9 Å². The van der Waals surface area contributed by atoms with Gasteiger partial charge >= 0.3 is 0 Å². The monoisotopic (exact) mass is 466 g/mol. The van der Waals surface area contributed by atoms with Gasteiger partial charge in [-0.2, -0.15) is 4.72 Å². The first-order valence-corrected chi connectivity index (χ1v) is 13.4. The van der Waals surface area contributed by atoms with Crippen LogP contribution in [0.2, 0.25) is 0 Å². The van der Waals surface area contributed by atoms with Gasteiger partial charge < -0.3 is 5.32 Å². The van der Waals surface area contributed by atoms with Crippen molar-refractivity contribution in [2.24, 2.45) is 5.92 Å². The molecule has 0 saturated carbocycles. The Kier molecular flexibility index (Phi) is 8.02. The second-order valence-electron chi connectivity index (χ2n) is 8.19. The molecule has 0 aromatic heterocycles. The zero-order chi connectivity index (χ0) is 23.4. The van der Waals surface area contributed by atoms with E-state index in [1.807, 2.05) is 20.8 Å². The highest BCUT2D eigenvalue weighted by Crippen LogP contribution is 2.18. The van der Waals surface area contributed by atoms with Crippen LogP contribution in [0.1, 0.15) is 44.4 Å². The first kappa shape index (κ1) is 25.0. The van der Waals surface area contributed by atoms with Crippen molar-refractivity contribution < 1.29 is 21.6 Å². The Bertz CT molecular complexity index is 1110. The van der Waals surface area contributed by atoms with Crippen LogP contribution in [0, 0.1) is 12.8 Å². The fourth-order valence-electron chi connectivity index (χ4n) is 3.05. The van der Waals surface area contributed by atoms with E-state index in [9.17, 15) is 21.6 Å². The van der Waals surface area contributed by atoms with E-state index >= 15 is 0 Å². The molecule has 0 aliphatic carbocycles. The third-order valence-corrected chi connectivity index (χ3v) is 7.44. The summed E-state index contributed by atoms with van der Waals surface area (Å²) in [6.07, 6.45) is 1.46. The third-order valence-electron chi connectivity index (χ3n) is 4.82. The van der Waals surface area contributed by atoms with Crippen molar-refractivity contribution in [3.05, 3.63) is 59.7 Å². The molecule has 170 valence electrons. The van der Waals surface area contributed by atoms with Gasteiger partial charge in [-0.1, -0.05) is 43.7 Å². The van der Waals surface area contributed by atoms with E-state index in [2.05, 4.69) is 10.0 Å². The third kappa shape index (κ3) is 7.15. The molecule has 2 N–H and O–H groups in total. The van der Waals surface area contributed by atoms with E-state index in [1.165, 1.54) is 24.3 Å². The number of sulfone groups is 1. The minimum absolute atomic E-state index is 0.0841. The molecule has 2 rings (SSSR count). The Labute approximate surface area is 185 Å². The molecule has 0 spiro atoms. The molecule has 1 amide bonds. The lowest BCUT2D eigenvalue weighted by atomic mass is 10.0. The van der Waals surface area contributed by atoms with Gasteiger partial charge in [-0.05, 0) is 56.0 Å². The van der Waals surface area contributed by atoms with Gasteiger partial charge in [-0.3, -0.25) is 4.79 Å². The number of amides is 1. The Morgan fingerprint density at radius 3 is 1.87 bits per heavy atom. The summed E-state index contributed by atoms with van der Waals surface area (Å²) >= 11 is 0. The largest absolute Gasteiger partial charge is 0.348 e. The van der Waals surface area contributed by atoms with Gasteiger partial charge in [0.25, 0.3) is 0 Å². The number of carbonyl (C=O) groups excluding carboxylic acids is 1. The number of benzene rings is 2. The Balaban J connectivity index is 2.18. The SMILES string of the molecule is Cc1ccc(S(=O)(=O)N[C@@H](CC(C)C)C(=O)N[C@H](C)c2ccc(S(C)(=O)=O)cc2)cc1. The summed E-state index contributed by atoms with van der Waals surface area (Å²) in [5.41, 5.74) is 1.65. The smallest absolute Gasteiger partial charge is 0.241 e. The van der Waals surface area contributed by atoms with Gasteiger partial charge in [0.15, 0.2) is 9.84 Å². The van der Waals surface area contributed by atoms with Crippen LogP contribution in [0.5, 0.6) is 0 Å². The van der Waals surface area contributed by atoms with Crippen molar-refractivity contribution in [1.29, 1.82) is 0 Å². The molecule has 0 unspecified atom stereocenters. The lowest BCUT2D eigenvalue weighted by molar-refractivity contribution is -0.123. The van der Waals surface area contributed by atoms with Crippen molar-refractivity contribution in [2.75, 3.05) is 6.26 Å². The van der Waals surface area contributed by atoms with Gasteiger partial charge in [-0.25, -0.2) is 16.8 Å². The number of sulfonamides is 1. The summed E-state index contributed by atoms with van der Waals surface area (Å²) in [5.74, 6) is -0.357. The number of carbonyl (C=O) groups is 1. The summed E-state index contributed by atoms with van der Waals surface area (Å²) in [6, 6.07) is 11.3. The highest BCUT2D eigenvalue weighted by atomic mass is 32.2. The molecule has 0 saturated heterocycles. The number of hydrogen-bond donors (Lipinski definition) is 2. The number of nitrogens with one attached hydrogen (secondary N) is 2. The molecular formula is C22H30N2O5S2. The van der Waals surface area contributed by atoms with Crippen LogP contribution < -0.4 is 10.0 Å². The summed E-state index contributed by atoms with van der Waals surface area (Å²) < 4.78 is 51.3. The van der Waals surface area contributed by atoms with E-state index in [0.717, 1.165) is 11.8 Å². The molecule has 7 nitrogen and oxygen atoms in total. The minimum atomic E-state index is -3.87. The zero-order valence-electron chi connectivity index (χ0n) is 18.4. The molecule has 31 heavy (non-hydrogen) atoms. The maximum Gasteiger partial charge on any atom is 0.241 e. The van der Waals surface area contributed by atoms with Gasteiger partial charge in [0, 0.05) is 6.26 Å². The fourth-order valence-corrected chi connectivity index (χ4v) is 4.89. The van der Waals surface area contributed by atoms with Crippen molar-refractivity contribution >= 4 is 25.8 Å². The Morgan fingerprint density at radius 1 is 0.871 bits per heavy atom. The average molecular weight is 467 g/mol. The predicted molar refractivity (Wildman–Crippen MR) is 121 cm³/mol. The molecule has 2 atom stereocenters. The highest BCUT2D eigenvalue weighted by Gasteiger charge is 2.27. The van der Waals surface area contributed by atoms with Crippen LogP contribution in [0.3, 0.4) is 0 Å². The van der Waals surface area contributed by atoms with Crippen LogP contribution in [-0.4, -0.2) is 35.0 Å². The van der Waals surface area contributed by atoms with E-state index in [4.69, 9.17) is 0 Å². The second kappa shape index (κ2) is 9.93. The van der Waals surface area contributed by atoms with Gasteiger partial charge in [0.05, 0.1) is 15.8 Å². The van der Waals surface area contributed by atoms with E-state index in [-0.39, 0.29) is 15.7 Å². The predicted octanol–water partition coefficient (Wildman–Crippen LogP) is 2.97. The first-order chi connectivity index (χ1) is 14.3. The van der Waals surface area contributed by atoms with Crippen LogP contribution in [0.25, 0.3) is 0 Å². The molecule has 9 heteroatoms. The molecule has 0 radical (unpaired) electrons. The van der Waals surface area contributed by atoms with Crippen LogP contribution >= 0.6 is 0 Å². The van der Waals surface area contributed by atoms with Crippen molar-refractivity contribution in [3.8, 4) is 0 Å². The number of rotatable bonds is 9. The Hall–Kier alpha value is -2.23. The molecule has 0 aliphatic heterocycles. The number of aryl methyl sites for hydroxylation is 1. The van der Waals surface area contributed by atoms with E-state index in [1.54, 1.807) is 31.2 Å². The van der Waals surface area contributed by atoms with Crippen LogP contribution in [-0.2, 0) is 24.7 Å². The highest BCUT2D eigenvalue weighted by molar-refractivity contribution is 7.90. The lowest BCUT2D eigenvalue weighted by Crippen LogP contribution is -2.47. The maximum atomic E-state index is 12.9. The molecule has 0 heterocycles. The van der Waals surface area contributed by atoms with E-state index < -0.39 is 37.9 Å². The molecule has 0 bridgehead atoms. The van der Waals surface area contributed by atoms with Gasteiger partial charge in [-0.15, -0.1) is 0 Å². The average Bonchev–Trinajstić information content (AvgIpc) is 2.66. The normalized spacial score (nSPS) is 14.3. The summed E-state index contributed by atoms with van der Waals surface area (Å²) in [7, 11) is -7.18. The Morgan fingerprint density at radius 2 is 1.39 bits per heavy atom. The van der Waals surface area contributed by atoms with Crippen molar-refractivity contribution in [2.45, 2.75) is 56.0 Å². The molecule has 0 fully saturated rings. The summed E-state index contributed by atoms with van der Waals surface area (Å²) in [6.45, 7) is 7.44. The van der Waals surface area contributed by atoms with Gasteiger partial charge in [0.1, 0.15) is 6.04 Å². The first-order valence-electron chi connectivity index (χ1n) is 9.99. The molecule has 2 aromatic rings.